The van der Waals surface area contributed by atoms with Crippen molar-refractivity contribution in [2.24, 2.45) is 5.73 Å². The molecule has 0 aliphatic carbocycles. The topological polar surface area (TPSA) is 85.9 Å². The van der Waals surface area contributed by atoms with Crippen LogP contribution in [0.15, 0.2) is 30.6 Å². The van der Waals surface area contributed by atoms with Crippen molar-refractivity contribution in [2.75, 3.05) is 11.5 Å². The molecule has 0 radical (unpaired) electrons. The van der Waals surface area contributed by atoms with Gasteiger partial charge in [0.25, 0.3) is 0 Å². The Bertz CT molecular complexity index is 686. The molecule has 0 saturated heterocycles. The molecule has 2 aromatic rings. The van der Waals surface area contributed by atoms with Crippen LogP contribution in [0, 0.1) is 0 Å². The van der Waals surface area contributed by atoms with Gasteiger partial charge in [0.15, 0.2) is 0 Å². The number of nitrogens with zero attached hydrogens (tertiary/aromatic N) is 2. The summed E-state index contributed by atoms with van der Waals surface area (Å²) in [4.78, 5) is 8.45. The summed E-state index contributed by atoms with van der Waals surface area (Å²) in [6.07, 6.45) is 4.52. The van der Waals surface area contributed by atoms with E-state index in [1.165, 1.54) is 0 Å². The minimum Gasteiger partial charge on any atom is -0.324 e. The van der Waals surface area contributed by atoms with Gasteiger partial charge in [0, 0.05) is 24.2 Å². The fourth-order valence-electron chi connectivity index (χ4n) is 2.05. The molecule has 0 fully saturated rings. The van der Waals surface area contributed by atoms with Crippen molar-refractivity contribution >= 4 is 20.9 Å². The highest BCUT2D eigenvalue weighted by Gasteiger charge is 2.11. The number of fused-ring (bicyclic) bond motifs is 1. The zero-order chi connectivity index (χ0) is 14.6. The summed E-state index contributed by atoms with van der Waals surface area (Å²) < 4.78 is 22.9. The lowest BCUT2D eigenvalue weighted by molar-refractivity contribution is 0.584. The van der Waals surface area contributed by atoms with Crippen LogP contribution in [0.2, 0.25) is 0 Å². The summed E-state index contributed by atoms with van der Waals surface area (Å²) in [5, 5.41) is 0. The van der Waals surface area contributed by atoms with E-state index >= 15 is 0 Å². The number of rotatable bonds is 6. The van der Waals surface area contributed by atoms with Crippen LogP contribution in [-0.4, -0.2) is 29.9 Å². The molecular formula is C14H19N3O2S. The molecule has 0 amide bonds. The van der Waals surface area contributed by atoms with Crippen molar-refractivity contribution in [1.82, 2.24) is 9.97 Å². The van der Waals surface area contributed by atoms with Gasteiger partial charge in [-0.2, -0.15) is 0 Å². The highest BCUT2D eigenvalue weighted by atomic mass is 32.2. The Labute approximate surface area is 119 Å². The monoisotopic (exact) mass is 293 g/mol. The quantitative estimate of drug-likeness (QED) is 0.878. The minimum atomic E-state index is -2.91. The number of hydrogen-bond acceptors (Lipinski definition) is 5. The summed E-state index contributed by atoms with van der Waals surface area (Å²) in [5.74, 6) is 0.387. The van der Waals surface area contributed by atoms with Gasteiger partial charge in [0.2, 0.25) is 0 Å². The second-order valence-corrected chi connectivity index (χ2v) is 7.26. The molecule has 0 spiro atoms. The van der Waals surface area contributed by atoms with Crippen LogP contribution in [0.3, 0.4) is 0 Å². The molecule has 1 aromatic carbocycles. The molecule has 0 bridgehead atoms. The Kier molecular flexibility index (Phi) is 4.67. The van der Waals surface area contributed by atoms with Gasteiger partial charge in [-0.3, -0.25) is 9.97 Å². The molecule has 20 heavy (non-hydrogen) atoms. The standard InChI is InChI=1S/C14H19N3O2S/c1-2-20(18,19)9-3-4-12(15)11-5-6-13-14(10-11)17-8-7-16-13/h5-8,10,12H,2-4,9,15H2,1H3. The molecule has 108 valence electrons. The molecule has 1 heterocycles. The predicted molar refractivity (Wildman–Crippen MR) is 80.0 cm³/mol. The minimum absolute atomic E-state index is 0.173. The maximum absolute atomic E-state index is 11.4. The van der Waals surface area contributed by atoms with Crippen LogP contribution < -0.4 is 5.73 Å². The Morgan fingerprint density at radius 3 is 2.60 bits per heavy atom. The fourth-order valence-corrected chi connectivity index (χ4v) is 2.94. The first kappa shape index (κ1) is 14.9. The molecule has 0 saturated carbocycles. The Morgan fingerprint density at radius 2 is 1.90 bits per heavy atom. The number of hydrogen-bond donors (Lipinski definition) is 1. The maximum Gasteiger partial charge on any atom is 0.150 e. The molecule has 6 heteroatoms. The largest absolute Gasteiger partial charge is 0.324 e. The van der Waals surface area contributed by atoms with E-state index < -0.39 is 9.84 Å². The molecule has 5 nitrogen and oxygen atoms in total. The van der Waals surface area contributed by atoms with Crippen LogP contribution in [-0.2, 0) is 9.84 Å². The number of aromatic nitrogens is 2. The first-order valence-electron chi connectivity index (χ1n) is 6.68. The van der Waals surface area contributed by atoms with Crippen LogP contribution >= 0.6 is 0 Å². The van der Waals surface area contributed by atoms with Crippen molar-refractivity contribution in [3.63, 3.8) is 0 Å². The highest BCUT2D eigenvalue weighted by Crippen LogP contribution is 2.19. The van der Waals surface area contributed by atoms with E-state index in [4.69, 9.17) is 5.73 Å². The fraction of sp³-hybridized carbons (Fsp3) is 0.429. The van der Waals surface area contributed by atoms with E-state index in [9.17, 15) is 8.42 Å². The molecule has 2 N–H and O–H groups in total. The molecule has 0 aliphatic heterocycles. The lowest BCUT2D eigenvalue weighted by atomic mass is 10.0. The van der Waals surface area contributed by atoms with E-state index in [1.54, 1.807) is 19.3 Å². The van der Waals surface area contributed by atoms with Crippen LogP contribution in [0.4, 0.5) is 0 Å². The average molecular weight is 293 g/mol. The van der Waals surface area contributed by atoms with Crippen molar-refractivity contribution in [3.05, 3.63) is 36.2 Å². The summed E-state index contributed by atoms with van der Waals surface area (Å²) in [6, 6.07) is 5.56. The van der Waals surface area contributed by atoms with Crippen molar-refractivity contribution in [3.8, 4) is 0 Å². The summed E-state index contributed by atoms with van der Waals surface area (Å²) >= 11 is 0. The molecule has 1 atom stereocenters. The zero-order valence-electron chi connectivity index (χ0n) is 11.5. The molecular weight excluding hydrogens is 274 g/mol. The third kappa shape index (κ3) is 3.74. The van der Waals surface area contributed by atoms with E-state index in [-0.39, 0.29) is 17.5 Å². The van der Waals surface area contributed by atoms with Crippen molar-refractivity contribution in [2.45, 2.75) is 25.8 Å². The maximum atomic E-state index is 11.4. The molecule has 1 unspecified atom stereocenters. The number of benzene rings is 1. The van der Waals surface area contributed by atoms with E-state index in [1.807, 2.05) is 18.2 Å². The Hall–Kier alpha value is -1.53. The smallest absolute Gasteiger partial charge is 0.150 e. The first-order valence-corrected chi connectivity index (χ1v) is 8.50. The molecule has 1 aromatic heterocycles. The third-order valence-electron chi connectivity index (χ3n) is 3.33. The van der Waals surface area contributed by atoms with E-state index in [0.717, 1.165) is 16.6 Å². The van der Waals surface area contributed by atoms with Crippen LogP contribution in [0.5, 0.6) is 0 Å². The van der Waals surface area contributed by atoms with Crippen molar-refractivity contribution < 1.29 is 8.42 Å². The molecule has 2 rings (SSSR count). The second kappa shape index (κ2) is 6.28. The van der Waals surface area contributed by atoms with Gasteiger partial charge in [-0.15, -0.1) is 0 Å². The number of nitrogens with two attached hydrogens (primary N) is 1. The normalized spacial score (nSPS) is 13.5. The lowest BCUT2D eigenvalue weighted by Crippen LogP contribution is -2.14. The Balaban J connectivity index is 2.02. The first-order chi connectivity index (χ1) is 9.52. The van der Waals surface area contributed by atoms with Gasteiger partial charge in [-0.25, -0.2) is 8.42 Å². The van der Waals surface area contributed by atoms with E-state index in [2.05, 4.69) is 9.97 Å². The van der Waals surface area contributed by atoms with Crippen molar-refractivity contribution in [1.29, 1.82) is 0 Å². The average Bonchev–Trinajstić information content (AvgIpc) is 2.46. The van der Waals surface area contributed by atoms with Gasteiger partial charge in [-0.05, 0) is 30.5 Å². The van der Waals surface area contributed by atoms with Gasteiger partial charge in [0.1, 0.15) is 9.84 Å². The SMILES string of the molecule is CCS(=O)(=O)CCCC(N)c1ccc2nccnc2c1. The van der Waals surface area contributed by atoms with Gasteiger partial charge < -0.3 is 5.73 Å². The third-order valence-corrected chi connectivity index (χ3v) is 5.12. The number of sulfone groups is 1. The van der Waals surface area contributed by atoms with Gasteiger partial charge >= 0.3 is 0 Å². The van der Waals surface area contributed by atoms with Gasteiger partial charge in [-0.1, -0.05) is 13.0 Å². The van der Waals surface area contributed by atoms with Crippen LogP contribution in [0.1, 0.15) is 31.4 Å². The molecule has 0 aliphatic rings. The summed E-state index contributed by atoms with van der Waals surface area (Å²) in [7, 11) is -2.91. The second-order valence-electron chi connectivity index (χ2n) is 4.79. The predicted octanol–water partition coefficient (Wildman–Crippen LogP) is 1.84. The van der Waals surface area contributed by atoms with E-state index in [0.29, 0.717) is 12.8 Å². The summed E-state index contributed by atoms with van der Waals surface area (Å²) in [6.45, 7) is 1.66. The Morgan fingerprint density at radius 1 is 1.20 bits per heavy atom. The van der Waals surface area contributed by atoms with Crippen LogP contribution in [0.25, 0.3) is 11.0 Å². The highest BCUT2D eigenvalue weighted by molar-refractivity contribution is 7.91. The van der Waals surface area contributed by atoms with Gasteiger partial charge in [0.05, 0.1) is 16.8 Å². The summed E-state index contributed by atoms with van der Waals surface area (Å²) in [5.41, 5.74) is 8.72. The zero-order valence-corrected chi connectivity index (χ0v) is 12.3. The lowest BCUT2D eigenvalue weighted by Gasteiger charge is -2.12.